The number of hydrogen-bond acceptors (Lipinski definition) is 3. The molecule has 136 valence electrons. The van der Waals surface area contributed by atoms with E-state index in [2.05, 4.69) is 35.4 Å². The van der Waals surface area contributed by atoms with Crippen LogP contribution in [-0.4, -0.2) is 40.8 Å². The highest BCUT2D eigenvalue weighted by Crippen LogP contribution is 2.14. The number of carbonyl (C=O) groups is 2. The molecule has 0 unspecified atom stereocenters. The molecule has 2 aromatic rings. The third-order valence-corrected chi connectivity index (χ3v) is 4.78. The number of aromatic nitrogens is 1. The number of benzene rings is 1. The number of aryl methyl sites for hydroxylation is 2. The van der Waals surface area contributed by atoms with Crippen LogP contribution in [0.15, 0.2) is 48.8 Å². The number of nitrogens with one attached hydrogen (secondary N) is 1. The van der Waals surface area contributed by atoms with E-state index in [1.54, 1.807) is 24.5 Å². The summed E-state index contributed by atoms with van der Waals surface area (Å²) in [6.07, 6.45) is 6.10. The molecule has 2 heterocycles. The lowest BCUT2D eigenvalue weighted by Gasteiger charge is -2.32. The summed E-state index contributed by atoms with van der Waals surface area (Å²) in [5, 5.41) is 3.11. The standard InChI is InChI=1S/C21H25N3O2/c1-16-4-2-5-17(14-16)7-8-20(25)23-19-9-12-24(13-10-19)21(26)18-6-3-11-22-15-18/h2-6,11,14-15,19H,7-10,12-13H2,1H3,(H,23,25). The van der Waals surface area contributed by atoms with Crippen molar-refractivity contribution in [2.45, 2.75) is 38.6 Å². The van der Waals surface area contributed by atoms with E-state index < -0.39 is 0 Å². The van der Waals surface area contributed by atoms with Gasteiger partial charge in [0.25, 0.3) is 5.91 Å². The van der Waals surface area contributed by atoms with E-state index in [-0.39, 0.29) is 17.9 Å². The van der Waals surface area contributed by atoms with Crippen LogP contribution in [0.1, 0.15) is 40.7 Å². The van der Waals surface area contributed by atoms with E-state index >= 15 is 0 Å². The minimum Gasteiger partial charge on any atom is -0.353 e. The van der Waals surface area contributed by atoms with Crippen molar-refractivity contribution in [1.82, 2.24) is 15.2 Å². The summed E-state index contributed by atoms with van der Waals surface area (Å²) in [5.74, 6) is 0.103. The lowest BCUT2D eigenvalue weighted by atomic mass is 10.0. The smallest absolute Gasteiger partial charge is 0.255 e. The van der Waals surface area contributed by atoms with Crippen molar-refractivity contribution in [3.63, 3.8) is 0 Å². The maximum Gasteiger partial charge on any atom is 0.255 e. The Balaban J connectivity index is 1.42. The van der Waals surface area contributed by atoms with Crippen LogP contribution in [0.25, 0.3) is 0 Å². The summed E-state index contributed by atoms with van der Waals surface area (Å²) >= 11 is 0. The second kappa shape index (κ2) is 8.61. The summed E-state index contributed by atoms with van der Waals surface area (Å²) in [4.78, 5) is 30.5. The van der Waals surface area contributed by atoms with Gasteiger partial charge in [-0.15, -0.1) is 0 Å². The molecule has 5 nitrogen and oxygen atoms in total. The van der Waals surface area contributed by atoms with Gasteiger partial charge in [-0.3, -0.25) is 14.6 Å². The fourth-order valence-electron chi connectivity index (χ4n) is 3.32. The van der Waals surface area contributed by atoms with Crippen molar-refractivity contribution in [3.05, 3.63) is 65.5 Å². The van der Waals surface area contributed by atoms with Crippen molar-refractivity contribution < 1.29 is 9.59 Å². The minimum absolute atomic E-state index is 0.0160. The van der Waals surface area contributed by atoms with Crippen LogP contribution in [0.4, 0.5) is 0 Å². The number of pyridine rings is 1. The third kappa shape index (κ3) is 4.91. The normalized spacial score (nSPS) is 14.9. The van der Waals surface area contributed by atoms with E-state index in [1.165, 1.54) is 11.1 Å². The topological polar surface area (TPSA) is 62.3 Å². The highest BCUT2D eigenvalue weighted by molar-refractivity contribution is 5.93. The van der Waals surface area contributed by atoms with Crippen molar-refractivity contribution in [3.8, 4) is 0 Å². The molecule has 1 aromatic carbocycles. The third-order valence-electron chi connectivity index (χ3n) is 4.78. The van der Waals surface area contributed by atoms with Crippen LogP contribution in [-0.2, 0) is 11.2 Å². The molecular formula is C21H25N3O2. The molecule has 0 spiro atoms. The van der Waals surface area contributed by atoms with Crippen LogP contribution in [0.3, 0.4) is 0 Å². The quantitative estimate of drug-likeness (QED) is 0.901. The minimum atomic E-state index is 0.0160. The van der Waals surface area contributed by atoms with Crippen molar-refractivity contribution in [1.29, 1.82) is 0 Å². The summed E-state index contributed by atoms with van der Waals surface area (Å²) < 4.78 is 0. The molecule has 1 saturated heterocycles. The molecule has 5 heteroatoms. The summed E-state index contributed by atoms with van der Waals surface area (Å²) in [5.41, 5.74) is 3.03. The van der Waals surface area contributed by atoms with E-state index in [4.69, 9.17) is 0 Å². The lowest BCUT2D eigenvalue weighted by Crippen LogP contribution is -2.46. The molecule has 0 bridgehead atoms. The molecule has 0 radical (unpaired) electrons. The molecule has 2 amide bonds. The summed E-state index contributed by atoms with van der Waals surface area (Å²) in [6.45, 7) is 3.39. The van der Waals surface area contributed by atoms with Crippen LogP contribution in [0.5, 0.6) is 0 Å². The zero-order valence-corrected chi connectivity index (χ0v) is 15.1. The molecule has 1 aliphatic heterocycles. The van der Waals surface area contributed by atoms with Crippen molar-refractivity contribution in [2.75, 3.05) is 13.1 Å². The number of hydrogen-bond donors (Lipinski definition) is 1. The van der Waals surface area contributed by atoms with Gasteiger partial charge in [0.15, 0.2) is 0 Å². The Morgan fingerprint density at radius 2 is 2.00 bits per heavy atom. The second-order valence-electron chi connectivity index (χ2n) is 6.86. The van der Waals surface area contributed by atoms with Crippen molar-refractivity contribution in [2.24, 2.45) is 0 Å². The van der Waals surface area contributed by atoms with E-state index in [9.17, 15) is 9.59 Å². The Morgan fingerprint density at radius 3 is 2.69 bits per heavy atom. The van der Waals surface area contributed by atoms with Gasteiger partial charge in [0.05, 0.1) is 5.56 Å². The zero-order chi connectivity index (χ0) is 18.4. The summed E-state index contributed by atoms with van der Waals surface area (Å²) in [6, 6.07) is 12.0. The van der Waals surface area contributed by atoms with E-state index in [0.717, 1.165) is 19.3 Å². The number of likely N-dealkylation sites (tertiary alicyclic amines) is 1. The van der Waals surface area contributed by atoms with Gasteiger partial charge in [-0.1, -0.05) is 29.8 Å². The largest absolute Gasteiger partial charge is 0.353 e. The first-order valence-electron chi connectivity index (χ1n) is 9.16. The predicted molar refractivity (Wildman–Crippen MR) is 101 cm³/mol. The Labute approximate surface area is 154 Å². The van der Waals surface area contributed by atoms with Crippen LogP contribution < -0.4 is 5.32 Å². The zero-order valence-electron chi connectivity index (χ0n) is 15.1. The first kappa shape index (κ1) is 18.1. The van der Waals surface area contributed by atoms with Gasteiger partial charge in [-0.25, -0.2) is 0 Å². The number of rotatable bonds is 5. The van der Waals surface area contributed by atoms with Gasteiger partial charge < -0.3 is 10.2 Å². The Hall–Kier alpha value is -2.69. The van der Waals surface area contributed by atoms with Gasteiger partial charge >= 0.3 is 0 Å². The second-order valence-corrected chi connectivity index (χ2v) is 6.86. The van der Waals surface area contributed by atoms with Crippen molar-refractivity contribution >= 4 is 11.8 Å². The van der Waals surface area contributed by atoms with Gasteiger partial charge in [0.2, 0.25) is 5.91 Å². The summed E-state index contributed by atoms with van der Waals surface area (Å²) in [7, 11) is 0. The first-order chi connectivity index (χ1) is 12.6. The Morgan fingerprint density at radius 1 is 1.19 bits per heavy atom. The predicted octanol–water partition coefficient (Wildman–Crippen LogP) is 2.74. The maximum absolute atomic E-state index is 12.4. The fraction of sp³-hybridized carbons (Fsp3) is 0.381. The molecular weight excluding hydrogens is 326 g/mol. The Kier molecular flexibility index (Phi) is 6.00. The van der Waals surface area contributed by atoms with Crippen LogP contribution in [0, 0.1) is 6.92 Å². The number of carbonyl (C=O) groups excluding carboxylic acids is 2. The molecule has 0 saturated carbocycles. The number of nitrogens with zero attached hydrogens (tertiary/aromatic N) is 2. The van der Waals surface area contributed by atoms with Gasteiger partial charge in [0.1, 0.15) is 0 Å². The molecule has 1 fully saturated rings. The average Bonchev–Trinajstić information content (AvgIpc) is 2.67. The first-order valence-corrected chi connectivity index (χ1v) is 9.16. The van der Waals surface area contributed by atoms with Gasteiger partial charge in [-0.05, 0) is 43.9 Å². The van der Waals surface area contributed by atoms with E-state index in [0.29, 0.717) is 25.1 Å². The number of amides is 2. The fourth-order valence-corrected chi connectivity index (χ4v) is 3.32. The number of piperidine rings is 1. The SMILES string of the molecule is Cc1cccc(CCC(=O)NC2CCN(C(=O)c3cccnc3)CC2)c1. The molecule has 1 N–H and O–H groups in total. The highest BCUT2D eigenvalue weighted by Gasteiger charge is 2.24. The lowest BCUT2D eigenvalue weighted by molar-refractivity contribution is -0.122. The van der Waals surface area contributed by atoms with E-state index in [1.807, 2.05) is 11.0 Å². The molecule has 0 atom stereocenters. The highest BCUT2D eigenvalue weighted by atomic mass is 16.2. The molecule has 26 heavy (non-hydrogen) atoms. The molecule has 0 aliphatic carbocycles. The molecule has 3 rings (SSSR count). The Bertz CT molecular complexity index is 753. The monoisotopic (exact) mass is 351 g/mol. The van der Waals surface area contributed by atoms with Crippen LogP contribution >= 0.6 is 0 Å². The van der Waals surface area contributed by atoms with Gasteiger partial charge in [-0.2, -0.15) is 0 Å². The average molecular weight is 351 g/mol. The maximum atomic E-state index is 12.4. The van der Waals surface area contributed by atoms with Crippen LogP contribution in [0.2, 0.25) is 0 Å². The van der Waals surface area contributed by atoms with Gasteiger partial charge in [0, 0.05) is 37.9 Å². The molecule has 1 aliphatic rings. The molecule has 1 aromatic heterocycles.